The predicted molar refractivity (Wildman–Crippen MR) is 98.7 cm³/mol. The zero-order valence-corrected chi connectivity index (χ0v) is 15.1. The van der Waals surface area contributed by atoms with E-state index in [2.05, 4.69) is 28.9 Å². The average Bonchev–Trinajstić information content (AvgIpc) is 3.16. The number of hydrogen-bond donors (Lipinski definition) is 2. The molecule has 0 saturated heterocycles. The predicted octanol–water partition coefficient (Wildman–Crippen LogP) is 2.86. The maximum Gasteiger partial charge on any atom is 0.349 e. The van der Waals surface area contributed by atoms with Gasteiger partial charge in [-0.3, -0.25) is 4.98 Å². The van der Waals surface area contributed by atoms with Gasteiger partial charge in [0, 0.05) is 16.9 Å². The Bertz CT molecular complexity index is 1220. The topological polar surface area (TPSA) is 92.5 Å². The summed E-state index contributed by atoms with van der Waals surface area (Å²) in [5.74, 6) is 0.626. The summed E-state index contributed by atoms with van der Waals surface area (Å²) in [7, 11) is 0. The Labute approximate surface area is 151 Å². The summed E-state index contributed by atoms with van der Waals surface area (Å²) in [5, 5.41) is 14.8. The molecule has 26 heavy (non-hydrogen) atoms. The molecule has 0 aliphatic carbocycles. The summed E-state index contributed by atoms with van der Waals surface area (Å²) in [5.41, 5.74) is 1.90. The molecule has 0 fully saturated rings. The van der Waals surface area contributed by atoms with Gasteiger partial charge in [0.2, 0.25) is 0 Å². The van der Waals surface area contributed by atoms with Crippen LogP contribution in [0.25, 0.3) is 27.3 Å². The molecule has 1 aliphatic heterocycles. The molecule has 4 aromatic rings. The molecule has 0 bridgehead atoms. The number of nitrogens with one attached hydrogen (secondary N) is 1. The third-order valence-corrected chi connectivity index (χ3v) is 5.78. The number of nitrogens with zero attached hydrogens (tertiary/aromatic N) is 3. The zero-order chi connectivity index (χ0) is 18.1. The zero-order valence-electron chi connectivity index (χ0n) is 14.2. The number of aromatic hydroxyl groups is 1. The minimum Gasteiger partial charge on any atom is -0.508 e. The van der Waals surface area contributed by atoms with Crippen molar-refractivity contribution >= 4 is 27.2 Å². The van der Waals surface area contributed by atoms with Crippen molar-refractivity contribution in [2.75, 3.05) is 0 Å². The highest BCUT2D eigenvalue weighted by Gasteiger charge is 2.31. The van der Waals surface area contributed by atoms with Gasteiger partial charge in [-0.25, -0.2) is 9.78 Å². The standard InChI is InChI=1S/C18H16N4O3S/c1-18(2)7-11-12(8-25-18)26-16-13(11)15-19-14(21-22(15)17(24)20-16)9-3-5-10(23)6-4-9/h3-6,23H,7-8H2,1-2H3,(H,20,24). The fourth-order valence-electron chi connectivity index (χ4n) is 3.38. The van der Waals surface area contributed by atoms with Crippen LogP contribution in [0.4, 0.5) is 0 Å². The molecule has 5 rings (SSSR count). The van der Waals surface area contributed by atoms with Crippen LogP contribution in [0.15, 0.2) is 29.1 Å². The first-order valence-electron chi connectivity index (χ1n) is 8.28. The van der Waals surface area contributed by atoms with Gasteiger partial charge < -0.3 is 9.84 Å². The lowest BCUT2D eigenvalue weighted by molar-refractivity contribution is -0.0379. The lowest BCUT2D eigenvalue weighted by Gasteiger charge is -2.30. The molecule has 0 atom stereocenters. The van der Waals surface area contributed by atoms with Crippen LogP contribution in [-0.2, 0) is 17.8 Å². The van der Waals surface area contributed by atoms with Gasteiger partial charge in [0.05, 0.1) is 17.6 Å². The highest BCUT2D eigenvalue weighted by molar-refractivity contribution is 7.19. The van der Waals surface area contributed by atoms with Crippen molar-refractivity contribution in [3.63, 3.8) is 0 Å². The monoisotopic (exact) mass is 368 g/mol. The van der Waals surface area contributed by atoms with Crippen LogP contribution in [0.5, 0.6) is 5.75 Å². The molecule has 0 amide bonds. The second-order valence-corrected chi connectivity index (χ2v) is 8.19. The molecule has 0 radical (unpaired) electrons. The van der Waals surface area contributed by atoms with E-state index in [1.54, 1.807) is 35.6 Å². The van der Waals surface area contributed by atoms with E-state index >= 15 is 0 Å². The minimum atomic E-state index is -0.316. The number of rotatable bonds is 1. The molecule has 4 heterocycles. The first-order valence-corrected chi connectivity index (χ1v) is 9.10. The summed E-state index contributed by atoms with van der Waals surface area (Å²) in [6.07, 6.45) is 0.755. The van der Waals surface area contributed by atoms with Crippen molar-refractivity contribution in [2.24, 2.45) is 0 Å². The van der Waals surface area contributed by atoms with Crippen molar-refractivity contribution in [1.82, 2.24) is 19.6 Å². The van der Waals surface area contributed by atoms with E-state index in [1.807, 2.05) is 0 Å². The van der Waals surface area contributed by atoms with Gasteiger partial charge in [-0.15, -0.1) is 16.4 Å². The lowest BCUT2D eigenvalue weighted by atomic mass is 9.94. The van der Waals surface area contributed by atoms with E-state index < -0.39 is 0 Å². The molecule has 0 saturated carbocycles. The van der Waals surface area contributed by atoms with E-state index in [-0.39, 0.29) is 17.0 Å². The Morgan fingerprint density at radius 2 is 2.08 bits per heavy atom. The smallest absolute Gasteiger partial charge is 0.349 e. The minimum absolute atomic E-state index is 0.173. The van der Waals surface area contributed by atoms with E-state index in [1.165, 1.54) is 10.1 Å². The van der Waals surface area contributed by atoms with Gasteiger partial charge >= 0.3 is 5.69 Å². The molecular weight excluding hydrogens is 352 g/mol. The number of hydrogen-bond acceptors (Lipinski definition) is 6. The number of phenolic OH excluding ortho intramolecular Hbond substituents is 1. The molecule has 8 heteroatoms. The van der Waals surface area contributed by atoms with Crippen LogP contribution in [0, 0.1) is 0 Å². The molecule has 132 valence electrons. The number of fused-ring (bicyclic) bond motifs is 5. The highest BCUT2D eigenvalue weighted by atomic mass is 32.1. The first-order chi connectivity index (χ1) is 12.4. The van der Waals surface area contributed by atoms with Crippen molar-refractivity contribution in [2.45, 2.75) is 32.5 Å². The van der Waals surface area contributed by atoms with Gasteiger partial charge in [-0.05, 0) is 43.7 Å². The number of ether oxygens (including phenoxy) is 1. The van der Waals surface area contributed by atoms with Gasteiger partial charge in [-0.1, -0.05) is 0 Å². The summed E-state index contributed by atoms with van der Waals surface area (Å²) in [4.78, 5) is 22.0. The van der Waals surface area contributed by atoms with Gasteiger partial charge in [0.15, 0.2) is 11.5 Å². The molecular formula is C18H16N4O3S. The number of H-pyrrole nitrogens is 1. The third kappa shape index (κ3) is 2.26. The van der Waals surface area contributed by atoms with Crippen molar-refractivity contribution in [3.8, 4) is 17.1 Å². The number of aromatic amines is 1. The van der Waals surface area contributed by atoms with Crippen LogP contribution < -0.4 is 5.69 Å². The third-order valence-electron chi connectivity index (χ3n) is 4.66. The van der Waals surface area contributed by atoms with Crippen LogP contribution in [0.1, 0.15) is 24.3 Å². The van der Waals surface area contributed by atoms with Crippen LogP contribution in [0.3, 0.4) is 0 Å². The number of thiophene rings is 1. The SMILES string of the molecule is CC1(C)Cc2c(sc3[nH]c(=O)n4nc(-c5ccc(O)cc5)nc4c23)CO1. The van der Waals surface area contributed by atoms with Crippen molar-refractivity contribution in [3.05, 3.63) is 45.2 Å². The molecule has 7 nitrogen and oxygen atoms in total. The number of phenols is 1. The fraction of sp³-hybridized carbons (Fsp3) is 0.278. The second kappa shape index (κ2) is 5.15. The second-order valence-electron chi connectivity index (χ2n) is 7.08. The molecule has 0 spiro atoms. The van der Waals surface area contributed by atoms with E-state index in [0.29, 0.717) is 18.1 Å². The molecule has 1 aromatic carbocycles. The average molecular weight is 368 g/mol. The molecule has 3 aromatic heterocycles. The van der Waals surface area contributed by atoms with E-state index in [0.717, 1.165) is 27.1 Å². The molecule has 0 unspecified atom stereocenters. The molecule has 2 N–H and O–H groups in total. The van der Waals surface area contributed by atoms with E-state index in [9.17, 15) is 9.90 Å². The summed E-state index contributed by atoms with van der Waals surface area (Å²) in [6, 6.07) is 6.62. The maximum absolute atomic E-state index is 12.5. The summed E-state index contributed by atoms with van der Waals surface area (Å²) >= 11 is 1.54. The highest BCUT2D eigenvalue weighted by Crippen LogP contribution is 2.39. The normalized spacial score (nSPS) is 16.2. The van der Waals surface area contributed by atoms with Crippen LogP contribution >= 0.6 is 11.3 Å². The Balaban J connectivity index is 1.80. The van der Waals surface area contributed by atoms with Crippen molar-refractivity contribution < 1.29 is 9.84 Å². The quantitative estimate of drug-likeness (QED) is 0.539. The number of aromatic nitrogens is 4. The first kappa shape index (κ1) is 15.5. The number of benzene rings is 1. The Morgan fingerprint density at radius 1 is 1.31 bits per heavy atom. The Kier molecular flexibility index (Phi) is 3.08. The van der Waals surface area contributed by atoms with E-state index in [4.69, 9.17) is 4.74 Å². The maximum atomic E-state index is 12.5. The van der Waals surface area contributed by atoms with Crippen LogP contribution in [-0.4, -0.2) is 30.3 Å². The van der Waals surface area contributed by atoms with Crippen molar-refractivity contribution in [1.29, 1.82) is 0 Å². The lowest BCUT2D eigenvalue weighted by Crippen LogP contribution is -2.31. The largest absolute Gasteiger partial charge is 0.508 e. The van der Waals surface area contributed by atoms with Gasteiger partial charge in [0.25, 0.3) is 0 Å². The van der Waals surface area contributed by atoms with Gasteiger partial charge in [0.1, 0.15) is 10.6 Å². The van der Waals surface area contributed by atoms with Gasteiger partial charge in [-0.2, -0.15) is 4.52 Å². The fourth-order valence-corrected chi connectivity index (χ4v) is 4.49. The summed E-state index contributed by atoms with van der Waals surface area (Å²) in [6.45, 7) is 4.66. The Morgan fingerprint density at radius 3 is 2.85 bits per heavy atom. The summed E-state index contributed by atoms with van der Waals surface area (Å²) < 4.78 is 7.22. The Hall–Kier alpha value is -2.71. The van der Waals surface area contributed by atoms with Crippen LogP contribution in [0.2, 0.25) is 0 Å². The molecule has 1 aliphatic rings.